The molecule has 0 fully saturated rings. The summed E-state index contributed by atoms with van der Waals surface area (Å²) in [5.41, 5.74) is 1.26. The SMILES string of the molecule is CC(=O)N1C[C@@H](C(=O)Nc2cccc(Cl)c2)Oc2ccccc21. The first-order valence-electron chi connectivity index (χ1n) is 7.15. The summed E-state index contributed by atoms with van der Waals surface area (Å²) >= 11 is 5.91. The van der Waals surface area contributed by atoms with Gasteiger partial charge in [-0.05, 0) is 30.3 Å². The third kappa shape index (κ3) is 3.29. The summed E-state index contributed by atoms with van der Waals surface area (Å²) < 4.78 is 5.74. The Balaban J connectivity index is 1.81. The minimum absolute atomic E-state index is 0.138. The third-order valence-corrected chi connectivity index (χ3v) is 3.77. The van der Waals surface area contributed by atoms with Crippen LogP contribution in [0.2, 0.25) is 5.02 Å². The first kappa shape index (κ1) is 15.4. The van der Waals surface area contributed by atoms with Gasteiger partial charge in [-0.2, -0.15) is 0 Å². The molecule has 2 amide bonds. The van der Waals surface area contributed by atoms with Crippen molar-refractivity contribution in [2.45, 2.75) is 13.0 Å². The fourth-order valence-corrected chi connectivity index (χ4v) is 2.65. The maximum absolute atomic E-state index is 12.4. The number of benzene rings is 2. The number of nitrogens with one attached hydrogen (secondary N) is 1. The number of ether oxygens (including phenoxy) is 1. The lowest BCUT2D eigenvalue weighted by atomic mass is 10.1. The molecule has 0 aromatic heterocycles. The van der Waals surface area contributed by atoms with E-state index >= 15 is 0 Å². The molecule has 1 heterocycles. The Hall–Kier alpha value is -2.53. The Morgan fingerprint density at radius 3 is 2.74 bits per heavy atom. The number of hydrogen-bond donors (Lipinski definition) is 1. The van der Waals surface area contributed by atoms with E-state index < -0.39 is 6.10 Å². The molecular formula is C17H15ClN2O3. The highest BCUT2D eigenvalue weighted by atomic mass is 35.5. The lowest BCUT2D eigenvalue weighted by Gasteiger charge is -2.33. The van der Waals surface area contributed by atoms with Crippen LogP contribution >= 0.6 is 11.6 Å². The minimum Gasteiger partial charge on any atom is -0.476 e. The quantitative estimate of drug-likeness (QED) is 0.920. The average molecular weight is 331 g/mol. The van der Waals surface area contributed by atoms with Gasteiger partial charge in [0.25, 0.3) is 5.91 Å². The molecule has 1 atom stereocenters. The van der Waals surface area contributed by atoms with Gasteiger partial charge in [-0.1, -0.05) is 29.8 Å². The highest BCUT2D eigenvalue weighted by molar-refractivity contribution is 6.30. The summed E-state index contributed by atoms with van der Waals surface area (Å²) in [6.45, 7) is 1.63. The van der Waals surface area contributed by atoms with Crippen LogP contribution in [0.4, 0.5) is 11.4 Å². The number of nitrogens with zero attached hydrogens (tertiary/aromatic N) is 1. The zero-order valence-electron chi connectivity index (χ0n) is 12.5. The molecule has 118 valence electrons. The Morgan fingerprint density at radius 1 is 1.22 bits per heavy atom. The monoisotopic (exact) mass is 330 g/mol. The summed E-state index contributed by atoms with van der Waals surface area (Å²) in [6, 6.07) is 14.0. The zero-order chi connectivity index (χ0) is 16.4. The van der Waals surface area contributed by atoms with Crippen LogP contribution in [0.25, 0.3) is 0 Å². The largest absolute Gasteiger partial charge is 0.476 e. The highest BCUT2D eigenvalue weighted by Crippen LogP contribution is 2.33. The molecule has 0 unspecified atom stereocenters. The Kier molecular flexibility index (Phi) is 4.21. The first-order valence-corrected chi connectivity index (χ1v) is 7.52. The molecule has 0 spiro atoms. The maximum Gasteiger partial charge on any atom is 0.267 e. The van der Waals surface area contributed by atoms with Crippen LogP contribution in [0.1, 0.15) is 6.92 Å². The number of hydrogen-bond acceptors (Lipinski definition) is 3. The topological polar surface area (TPSA) is 58.6 Å². The molecule has 0 radical (unpaired) electrons. The predicted octanol–water partition coefficient (Wildman–Crippen LogP) is 3.09. The Morgan fingerprint density at radius 2 is 2.00 bits per heavy atom. The highest BCUT2D eigenvalue weighted by Gasteiger charge is 2.32. The van der Waals surface area contributed by atoms with E-state index in [1.54, 1.807) is 47.4 Å². The summed E-state index contributed by atoms with van der Waals surface area (Å²) in [5, 5.41) is 3.29. The van der Waals surface area contributed by atoms with Gasteiger partial charge in [-0.3, -0.25) is 9.59 Å². The predicted molar refractivity (Wildman–Crippen MR) is 89.0 cm³/mol. The van der Waals surface area contributed by atoms with Crippen LogP contribution in [-0.2, 0) is 9.59 Å². The molecular weight excluding hydrogens is 316 g/mol. The van der Waals surface area contributed by atoms with Crippen LogP contribution in [0.15, 0.2) is 48.5 Å². The van der Waals surface area contributed by atoms with Gasteiger partial charge in [0.15, 0.2) is 6.10 Å². The van der Waals surface area contributed by atoms with E-state index in [0.29, 0.717) is 22.1 Å². The summed E-state index contributed by atoms with van der Waals surface area (Å²) in [7, 11) is 0. The van der Waals surface area contributed by atoms with Gasteiger partial charge >= 0.3 is 0 Å². The van der Waals surface area contributed by atoms with Gasteiger partial charge < -0.3 is 15.0 Å². The second-order valence-electron chi connectivity index (χ2n) is 5.20. The smallest absolute Gasteiger partial charge is 0.267 e. The van der Waals surface area contributed by atoms with Gasteiger partial charge in [0.2, 0.25) is 5.91 Å². The summed E-state index contributed by atoms with van der Waals surface area (Å²) in [6.07, 6.45) is -0.784. The first-order chi connectivity index (χ1) is 11.0. The van der Waals surface area contributed by atoms with Crippen molar-refractivity contribution >= 4 is 34.8 Å². The van der Waals surface area contributed by atoms with Crippen LogP contribution in [-0.4, -0.2) is 24.5 Å². The molecule has 2 aromatic rings. The summed E-state index contributed by atoms with van der Waals surface area (Å²) in [5.74, 6) is 0.0505. The van der Waals surface area contributed by atoms with E-state index in [-0.39, 0.29) is 18.4 Å². The van der Waals surface area contributed by atoms with Crippen molar-refractivity contribution < 1.29 is 14.3 Å². The molecule has 5 nitrogen and oxygen atoms in total. The molecule has 0 bridgehead atoms. The summed E-state index contributed by atoms with van der Waals surface area (Å²) in [4.78, 5) is 25.8. The van der Waals surface area contributed by atoms with Gasteiger partial charge in [-0.15, -0.1) is 0 Å². The number of rotatable bonds is 2. The van der Waals surface area contributed by atoms with Crippen molar-refractivity contribution in [3.63, 3.8) is 0 Å². The molecule has 1 N–H and O–H groups in total. The van der Waals surface area contributed by atoms with Crippen LogP contribution in [0.5, 0.6) is 5.75 Å². The normalized spacial score (nSPS) is 16.3. The second kappa shape index (κ2) is 6.30. The van der Waals surface area contributed by atoms with Gasteiger partial charge in [-0.25, -0.2) is 0 Å². The van der Waals surface area contributed by atoms with Crippen molar-refractivity contribution in [3.8, 4) is 5.75 Å². The maximum atomic E-state index is 12.4. The van der Waals surface area contributed by atoms with Gasteiger partial charge in [0.05, 0.1) is 12.2 Å². The lowest BCUT2D eigenvalue weighted by Crippen LogP contribution is -2.48. The van der Waals surface area contributed by atoms with Crippen LogP contribution in [0, 0.1) is 0 Å². The number of halogens is 1. The molecule has 0 saturated carbocycles. The molecule has 1 aliphatic rings. The van der Waals surface area contributed by atoms with E-state index in [1.807, 2.05) is 6.07 Å². The van der Waals surface area contributed by atoms with Crippen LogP contribution < -0.4 is 15.0 Å². The number of para-hydroxylation sites is 2. The molecule has 2 aromatic carbocycles. The number of carbonyl (C=O) groups is 2. The minimum atomic E-state index is -0.784. The third-order valence-electron chi connectivity index (χ3n) is 3.54. The Labute approximate surface area is 138 Å². The van der Waals surface area contributed by atoms with E-state index in [2.05, 4.69) is 5.32 Å². The standard InChI is InChI=1S/C17H15ClN2O3/c1-11(21)20-10-16(23-15-8-3-2-7-14(15)20)17(22)19-13-6-4-5-12(18)9-13/h2-9,16H,10H2,1H3,(H,19,22)/t16-/m0/s1. The van der Waals surface area contributed by atoms with Crippen molar-refractivity contribution in [2.75, 3.05) is 16.8 Å². The van der Waals surface area contributed by atoms with Crippen molar-refractivity contribution in [3.05, 3.63) is 53.6 Å². The zero-order valence-corrected chi connectivity index (χ0v) is 13.2. The van der Waals surface area contributed by atoms with Crippen molar-refractivity contribution in [1.82, 2.24) is 0 Å². The van der Waals surface area contributed by atoms with E-state index in [4.69, 9.17) is 16.3 Å². The number of fused-ring (bicyclic) bond motifs is 1. The molecule has 0 saturated heterocycles. The van der Waals surface area contributed by atoms with Gasteiger partial charge in [0.1, 0.15) is 5.75 Å². The molecule has 3 rings (SSSR count). The lowest BCUT2D eigenvalue weighted by molar-refractivity contribution is -0.123. The number of anilines is 2. The number of amides is 2. The van der Waals surface area contributed by atoms with E-state index in [1.165, 1.54) is 6.92 Å². The molecule has 1 aliphatic heterocycles. The Bertz CT molecular complexity index is 763. The molecule has 0 aliphatic carbocycles. The molecule has 23 heavy (non-hydrogen) atoms. The van der Waals surface area contributed by atoms with E-state index in [0.717, 1.165) is 0 Å². The van der Waals surface area contributed by atoms with Gasteiger partial charge in [0, 0.05) is 17.6 Å². The van der Waals surface area contributed by atoms with Crippen LogP contribution in [0.3, 0.4) is 0 Å². The fourth-order valence-electron chi connectivity index (χ4n) is 2.46. The number of carbonyl (C=O) groups excluding carboxylic acids is 2. The fraction of sp³-hybridized carbons (Fsp3) is 0.176. The average Bonchev–Trinajstić information content (AvgIpc) is 2.53. The van der Waals surface area contributed by atoms with Crippen molar-refractivity contribution in [1.29, 1.82) is 0 Å². The van der Waals surface area contributed by atoms with Crippen molar-refractivity contribution in [2.24, 2.45) is 0 Å². The molecule has 6 heteroatoms. The second-order valence-corrected chi connectivity index (χ2v) is 5.64. The van der Waals surface area contributed by atoms with E-state index in [9.17, 15) is 9.59 Å².